The quantitative estimate of drug-likeness (QED) is 0.896. The molecule has 1 unspecified atom stereocenters. The van der Waals surface area contributed by atoms with Gasteiger partial charge in [0.2, 0.25) is 0 Å². The molecule has 2 heterocycles. The van der Waals surface area contributed by atoms with Crippen LogP contribution in [0.25, 0.3) is 5.69 Å². The van der Waals surface area contributed by atoms with Crippen molar-refractivity contribution < 1.29 is 14.3 Å². The van der Waals surface area contributed by atoms with E-state index >= 15 is 0 Å². The number of piperidine rings is 1. The Morgan fingerprint density at radius 2 is 2.10 bits per heavy atom. The van der Waals surface area contributed by atoms with Gasteiger partial charge in [0.1, 0.15) is 5.82 Å². The van der Waals surface area contributed by atoms with Gasteiger partial charge in [-0.3, -0.25) is 4.79 Å². The first-order valence-electron chi connectivity index (χ1n) is 6.79. The van der Waals surface area contributed by atoms with E-state index in [1.807, 2.05) is 0 Å². The summed E-state index contributed by atoms with van der Waals surface area (Å²) in [6, 6.07) is 5.75. The molecule has 1 aliphatic rings. The van der Waals surface area contributed by atoms with E-state index in [1.165, 1.54) is 23.0 Å². The Labute approximate surface area is 120 Å². The van der Waals surface area contributed by atoms with E-state index in [9.17, 15) is 14.3 Å². The van der Waals surface area contributed by atoms with Crippen molar-refractivity contribution >= 4 is 5.91 Å². The number of carbonyl (C=O) groups is 1. The lowest BCUT2D eigenvalue weighted by Gasteiger charge is -2.29. The van der Waals surface area contributed by atoms with Gasteiger partial charge >= 0.3 is 0 Å². The van der Waals surface area contributed by atoms with Crippen LogP contribution in [-0.4, -0.2) is 50.1 Å². The second kappa shape index (κ2) is 5.61. The second-order valence-corrected chi connectivity index (χ2v) is 5.07. The molecule has 0 bridgehead atoms. The van der Waals surface area contributed by atoms with Crippen molar-refractivity contribution in [2.45, 2.75) is 18.9 Å². The SMILES string of the molecule is O=C(c1cn(-c2ccc(F)cc2)nn1)N1CCCC(O)C1. The van der Waals surface area contributed by atoms with E-state index < -0.39 is 6.10 Å². The number of aromatic nitrogens is 3. The lowest BCUT2D eigenvalue weighted by molar-refractivity contribution is 0.0469. The predicted octanol–water partition coefficient (Wildman–Crippen LogP) is 1.00. The maximum atomic E-state index is 12.9. The molecule has 1 aliphatic heterocycles. The Kier molecular flexibility index (Phi) is 3.66. The van der Waals surface area contributed by atoms with Crippen molar-refractivity contribution in [2.75, 3.05) is 13.1 Å². The van der Waals surface area contributed by atoms with Crippen molar-refractivity contribution in [3.8, 4) is 5.69 Å². The Morgan fingerprint density at radius 3 is 2.81 bits per heavy atom. The van der Waals surface area contributed by atoms with Crippen LogP contribution < -0.4 is 0 Å². The standard InChI is InChI=1S/C14H15FN4O2/c15-10-3-5-11(6-4-10)19-9-13(16-17-19)14(21)18-7-1-2-12(20)8-18/h3-6,9,12,20H,1-2,7-8H2. The summed E-state index contributed by atoms with van der Waals surface area (Å²) < 4.78 is 14.3. The molecule has 3 rings (SSSR count). The number of halogens is 1. The highest BCUT2D eigenvalue weighted by molar-refractivity contribution is 5.92. The third-order valence-corrected chi connectivity index (χ3v) is 3.49. The third kappa shape index (κ3) is 2.92. The molecule has 7 heteroatoms. The van der Waals surface area contributed by atoms with Gasteiger partial charge in [-0.25, -0.2) is 9.07 Å². The first-order chi connectivity index (χ1) is 10.1. The predicted molar refractivity (Wildman–Crippen MR) is 72.5 cm³/mol. The van der Waals surface area contributed by atoms with E-state index in [4.69, 9.17) is 0 Å². The van der Waals surface area contributed by atoms with Crippen LogP contribution in [0.1, 0.15) is 23.3 Å². The summed E-state index contributed by atoms with van der Waals surface area (Å²) in [5.41, 5.74) is 0.843. The Hall–Kier alpha value is -2.28. The number of likely N-dealkylation sites (tertiary alicyclic amines) is 1. The van der Waals surface area contributed by atoms with Gasteiger partial charge in [0.05, 0.1) is 18.0 Å². The summed E-state index contributed by atoms with van der Waals surface area (Å²) in [5.74, 6) is -0.584. The minimum atomic E-state index is -0.477. The van der Waals surface area contributed by atoms with E-state index in [0.717, 1.165) is 6.42 Å². The topological polar surface area (TPSA) is 71.2 Å². The Balaban J connectivity index is 1.78. The number of aliphatic hydroxyl groups excluding tert-OH is 1. The largest absolute Gasteiger partial charge is 0.391 e. The van der Waals surface area contributed by atoms with Gasteiger partial charge in [0.25, 0.3) is 5.91 Å². The molecular formula is C14H15FN4O2. The van der Waals surface area contributed by atoms with Gasteiger partial charge in [0.15, 0.2) is 5.69 Å². The highest BCUT2D eigenvalue weighted by Gasteiger charge is 2.25. The number of aliphatic hydroxyl groups is 1. The van der Waals surface area contributed by atoms with Gasteiger partial charge in [0, 0.05) is 13.1 Å². The molecule has 1 N–H and O–H groups in total. The molecule has 1 amide bonds. The minimum absolute atomic E-state index is 0.216. The number of rotatable bonds is 2. The zero-order chi connectivity index (χ0) is 14.8. The van der Waals surface area contributed by atoms with Crippen molar-refractivity contribution in [3.05, 3.63) is 42.0 Å². The summed E-state index contributed by atoms with van der Waals surface area (Å²) >= 11 is 0. The van der Waals surface area contributed by atoms with E-state index in [2.05, 4.69) is 10.3 Å². The summed E-state index contributed by atoms with van der Waals surface area (Å²) in [7, 11) is 0. The smallest absolute Gasteiger partial charge is 0.276 e. The molecule has 1 aromatic carbocycles. The van der Waals surface area contributed by atoms with Gasteiger partial charge in [-0.15, -0.1) is 5.10 Å². The van der Waals surface area contributed by atoms with Crippen LogP contribution in [0.2, 0.25) is 0 Å². The fourth-order valence-corrected chi connectivity index (χ4v) is 2.38. The summed E-state index contributed by atoms with van der Waals surface area (Å²) in [5, 5.41) is 17.4. The zero-order valence-corrected chi connectivity index (χ0v) is 11.3. The van der Waals surface area contributed by atoms with Gasteiger partial charge in [-0.1, -0.05) is 5.21 Å². The monoisotopic (exact) mass is 290 g/mol. The molecule has 1 fully saturated rings. The molecule has 110 valence electrons. The molecule has 21 heavy (non-hydrogen) atoms. The molecule has 1 aromatic heterocycles. The molecule has 0 saturated carbocycles. The number of carbonyl (C=O) groups excluding carboxylic acids is 1. The van der Waals surface area contributed by atoms with Crippen LogP contribution in [0.3, 0.4) is 0 Å². The lowest BCUT2D eigenvalue weighted by Crippen LogP contribution is -2.42. The molecule has 6 nitrogen and oxygen atoms in total. The summed E-state index contributed by atoms with van der Waals surface area (Å²) in [6.07, 6.45) is 2.52. The normalized spacial score (nSPS) is 18.8. The number of β-amino-alcohol motifs (C(OH)–C–C–N with tert-alkyl or cyclic N) is 1. The number of amides is 1. The van der Waals surface area contributed by atoms with E-state index in [-0.39, 0.29) is 17.4 Å². The van der Waals surface area contributed by atoms with Crippen molar-refractivity contribution in [2.24, 2.45) is 0 Å². The highest BCUT2D eigenvalue weighted by Crippen LogP contribution is 2.14. The van der Waals surface area contributed by atoms with Crippen molar-refractivity contribution in [1.29, 1.82) is 0 Å². The highest BCUT2D eigenvalue weighted by atomic mass is 19.1. The average molecular weight is 290 g/mol. The third-order valence-electron chi connectivity index (χ3n) is 3.49. The van der Waals surface area contributed by atoms with Gasteiger partial charge in [-0.05, 0) is 37.1 Å². The summed E-state index contributed by atoms with van der Waals surface area (Å²) in [6.45, 7) is 0.932. The maximum Gasteiger partial charge on any atom is 0.276 e. The molecule has 0 spiro atoms. The fraction of sp³-hybridized carbons (Fsp3) is 0.357. The van der Waals surface area contributed by atoms with Crippen molar-refractivity contribution in [1.82, 2.24) is 19.9 Å². The molecule has 0 radical (unpaired) electrons. The van der Waals surface area contributed by atoms with E-state index in [1.54, 1.807) is 17.0 Å². The number of hydrogen-bond acceptors (Lipinski definition) is 4. The number of hydrogen-bond donors (Lipinski definition) is 1. The van der Waals surface area contributed by atoms with Crippen LogP contribution >= 0.6 is 0 Å². The first kappa shape index (κ1) is 13.7. The average Bonchev–Trinajstić information content (AvgIpc) is 2.97. The Bertz CT molecular complexity index is 641. The molecular weight excluding hydrogens is 275 g/mol. The minimum Gasteiger partial charge on any atom is -0.391 e. The maximum absolute atomic E-state index is 12.9. The summed E-state index contributed by atoms with van der Waals surface area (Å²) in [4.78, 5) is 13.9. The van der Waals surface area contributed by atoms with Crippen LogP contribution in [0.15, 0.2) is 30.5 Å². The van der Waals surface area contributed by atoms with Crippen LogP contribution in [0, 0.1) is 5.82 Å². The molecule has 0 aliphatic carbocycles. The van der Waals surface area contributed by atoms with Gasteiger partial charge in [-0.2, -0.15) is 0 Å². The molecule has 1 atom stereocenters. The van der Waals surface area contributed by atoms with E-state index in [0.29, 0.717) is 25.2 Å². The zero-order valence-electron chi connectivity index (χ0n) is 11.3. The first-order valence-corrected chi connectivity index (χ1v) is 6.79. The van der Waals surface area contributed by atoms with Crippen LogP contribution in [0.5, 0.6) is 0 Å². The van der Waals surface area contributed by atoms with Crippen LogP contribution in [0.4, 0.5) is 4.39 Å². The van der Waals surface area contributed by atoms with Crippen molar-refractivity contribution in [3.63, 3.8) is 0 Å². The molecule has 2 aromatic rings. The Morgan fingerprint density at radius 1 is 1.33 bits per heavy atom. The molecule has 1 saturated heterocycles. The number of nitrogens with zero attached hydrogens (tertiary/aromatic N) is 4. The fourth-order valence-electron chi connectivity index (χ4n) is 2.38. The number of benzene rings is 1. The second-order valence-electron chi connectivity index (χ2n) is 5.07. The van der Waals surface area contributed by atoms with Gasteiger partial charge < -0.3 is 10.0 Å². The lowest BCUT2D eigenvalue weighted by atomic mass is 10.1. The van der Waals surface area contributed by atoms with Crippen LogP contribution in [-0.2, 0) is 0 Å².